The lowest BCUT2D eigenvalue weighted by Crippen LogP contribution is -2.48. The lowest BCUT2D eigenvalue weighted by Gasteiger charge is -2.21. The zero-order chi connectivity index (χ0) is 32.5. The average molecular weight is 608 g/mol. The molecule has 1 unspecified atom stereocenters. The second-order valence-electron chi connectivity index (χ2n) is 11.3. The molecule has 1 aromatic heterocycles. The largest absolute Gasteiger partial charge is 0.388 e. The Morgan fingerprint density at radius 1 is 1.07 bits per heavy atom. The lowest BCUT2D eigenvalue weighted by molar-refractivity contribution is -0.130. The fraction of sp³-hybridized carbons (Fsp3) is 0.455. The van der Waals surface area contributed by atoms with E-state index in [0.29, 0.717) is 31.6 Å². The zero-order valence-corrected chi connectivity index (χ0v) is 26.4. The van der Waals surface area contributed by atoms with Gasteiger partial charge in [-0.3, -0.25) is 24.2 Å². The minimum Gasteiger partial charge on any atom is -0.388 e. The van der Waals surface area contributed by atoms with Crippen LogP contribution in [0.4, 0.5) is 0 Å². The van der Waals surface area contributed by atoms with E-state index in [-0.39, 0.29) is 42.2 Å². The van der Waals surface area contributed by atoms with Gasteiger partial charge in [0.2, 0.25) is 12.3 Å². The van der Waals surface area contributed by atoms with Crippen molar-refractivity contribution in [1.29, 1.82) is 0 Å². The number of carbonyl (C=O) groups is 4. The van der Waals surface area contributed by atoms with Gasteiger partial charge in [-0.1, -0.05) is 61.0 Å². The van der Waals surface area contributed by atoms with Gasteiger partial charge in [-0.15, -0.1) is 0 Å². The van der Waals surface area contributed by atoms with E-state index in [1.54, 1.807) is 25.3 Å². The highest BCUT2D eigenvalue weighted by molar-refractivity contribution is 6.43. The van der Waals surface area contributed by atoms with Gasteiger partial charge < -0.3 is 25.5 Å². The summed E-state index contributed by atoms with van der Waals surface area (Å²) in [5.41, 5.74) is 1.82. The Bertz CT molecular complexity index is 1260. The maximum atomic E-state index is 12.1. The molecule has 1 saturated heterocycles. The Balaban J connectivity index is 0.000000252. The number of amides is 3. The second-order valence-corrected chi connectivity index (χ2v) is 11.3. The summed E-state index contributed by atoms with van der Waals surface area (Å²) in [5.74, 6) is -0.423. The number of hydrogen-bond acceptors (Lipinski definition) is 8. The van der Waals surface area contributed by atoms with Gasteiger partial charge in [0.1, 0.15) is 11.7 Å². The number of aromatic nitrogens is 1. The van der Waals surface area contributed by atoms with E-state index in [1.165, 1.54) is 5.56 Å². The zero-order valence-electron chi connectivity index (χ0n) is 26.4. The smallest absolute Gasteiger partial charge is 0.273 e. The number of pyridine rings is 1. The third kappa shape index (κ3) is 13.7. The van der Waals surface area contributed by atoms with Crippen LogP contribution in [0.3, 0.4) is 0 Å². The topological polar surface area (TPSA) is 151 Å². The fourth-order valence-corrected chi connectivity index (χ4v) is 3.97. The number of ether oxygens (including phenoxy) is 1. The molecule has 3 amide bonds. The Morgan fingerprint density at radius 2 is 1.75 bits per heavy atom. The number of oxime groups is 1. The van der Waals surface area contributed by atoms with Crippen LogP contribution >= 0.6 is 0 Å². The van der Waals surface area contributed by atoms with Crippen LogP contribution in [0.15, 0.2) is 72.0 Å². The van der Waals surface area contributed by atoms with Crippen molar-refractivity contribution in [3.05, 3.63) is 78.1 Å². The van der Waals surface area contributed by atoms with Crippen LogP contribution in [0.5, 0.6) is 0 Å². The summed E-state index contributed by atoms with van der Waals surface area (Å²) in [6, 6.07) is 15.4. The van der Waals surface area contributed by atoms with Gasteiger partial charge in [0.25, 0.3) is 5.91 Å². The fourth-order valence-electron chi connectivity index (χ4n) is 3.97. The number of benzene rings is 1. The van der Waals surface area contributed by atoms with Crippen LogP contribution in [0, 0.1) is 12.8 Å². The van der Waals surface area contributed by atoms with Gasteiger partial charge in [0, 0.05) is 24.4 Å². The molecule has 2 aromatic rings. The van der Waals surface area contributed by atoms with Crippen molar-refractivity contribution in [2.24, 2.45) is 11.1 Å². The Hall–Kier alpha value is -4.38. The van der Waals surface area contributed by atoms with Crippen LogP contribution in [0.1, 0.15) is 52.3 Å². The number of carbonyl (C=O) groups excluding carboxylic acids is 4. The third-order valence-electron chi connectivity index (χ3n) is 6.44. The SMILES string of the molecule is CC(C)C[C@H](NC(=O)CNC=O)C(=O)[C@@]1(C)CO1.CC1C=CC(C(=O)N[C@H](C)Cc2ccccn2)=NO1.Cc1ccccc1. The molecule has 0 radical (unpaired) electrons. The Labute approximate surface area is 259 Å². The normalized spacial score (nSPS) is 19.2. The highest BCUT2D eigenvalue weighted by Crippen LogP contribution is 2.29. The Morgan fingerprint density at radius 3 is 2.25 bits per heavy atom. The van der Waals surface area contributed by atoms with Crippen molar-refractivity contribution in [3.8, 4) is 0 Å². The summed E-state index contributed by atoms with van der Waals surface area (Å²) in [7, 11) is 0. The first-order valence-corrected chi connectivity index (χ1v) is 14.7. The van der Waals surface area contributed by atoms with Crippen molar-refractivity contribution >= 4 is 29.7 Å². The molecule has 4 rings (SSSR count). The van der Waals surface area contributed by atoms with Gasteiger partial charge in [-0.2, -0.15) is 0 Å². The van der Waals surface area contributed by atoms with Gasteiger partial charge >= 0.3 is 0 Å². The van der Waals surface area contributed by atoms with E-state index >= 15 is 0 Å². The quantitative estimate of drug-likeness (QED) is 0.248. The van der Waals surface area contributed by atoms with Gasteiger partial charge in [0.15, 0.2) is 11.5 Å². The van der Waals surface area contributed by atoms with Crippen LogP contribution in [-0.4, -0.2) is 71.6 Å². The number of rotatable bonds is 12. The maximum absolute atomic E-state index is 12.1. The summed E-state index contributed by atoms with van der Waals surface area (Å²) in [6.45, 7) is 11.8. The van der Waals surface area contributed by atoms with Gasteiger partial charge in [0.05, 0.1) is 19.2 Å². The summed E-state index contributed by atoms with van der Waals surface area (Å²) in [6.07, 6.45) is 6.83. The maximum Gasteiger partial charge on any atom is 0.273 e. The van der Waals surface area contributed by atoms with E-state index in [4.69, 9.17) is 9.57 Å². The number of nitrogens with one attached hydrogen (secondary N) is 3. The second kappa shape index (κ2) is 18.3. The lowest BCUT2D eigenvalue weighted by atomic mass is 9.93. The predicted octanol–water partition coefficient (Wildman–Crippen LogP) is 3.08. The van der Waals surface area contributed by atoms with E-state index in [2.05, 4.69) is 45.1 Å². The molecule has 11 nitrogen and oxygen atoms in total. The van der Waals surface area contributed by atoms with E-state index < -0.39 is 11.6 Å². The molecule has 2 aliphatic rings. The van der Waals surface area contributed by atoms with E-state index in [0.717, 1.165) is 5.69 Å². The molecule has 1 fully saturated rings. The molecule has 3 N–H and O–H groups in total. The van der Waals surface area contributed by atoms with Crippen LogP contribution in [0.25, 0.3) is 0 Å². The highest BCUT2D eigenvalue weighted by Gasteiger charge is 2.50. The standard InChI is InChI=1S/C14H17N3O2.C12H20N2O4.C7H8/c1-10(9-12-5-3-4-8-15-12)16-14(18)13-7-6-11(2)19-17-13;1-8(2)4-9(11(17)12(3)6-18-12)14-10(16)5-13-7-15;1-7-5-3-2-4-6-7/h3-8,10-11H,9H2,1-2H3,(H,16,18);7-9H,4-6H2,1-3H3,(H,13,15)(H,14,16);2-6H,1H3/t10-,11?;9-,12+;/m10./s1. The van der Waals surface area contributed by atoms with Gasteiger partial charge in [-0.05, 0) is 64.3 Å². The first-order valence-electron chi connectivity index (χ1n) is 14.7. The summed E-state index contributed by atoms with van der Waals surface area (Å²) < 4.78 is 5.11. The molecule has 3 heterocycles. The first-order chi connectivity index (χ1) is 20.9. The molecule has 0 bridgehead atoms. The summed E-state index contributed by atoms with van der Waals surface area (Å²) >= 11 is 0. The van der Waals surface area contributed by atoms with E-state index in [1.807, 2.05) is 64.1 Å². The minimum atomic E-state index is -0.745. The van der Waals surface area contributed by atoms with Crippen molar-refractivity contribution in [2.75, 3.05) is 13.2 Å². The Kier molecular flexibility index (Phi) is 14.9. The molecule has 11 heteroatoms. The van der Waals surface area contributed by atoms with Crippen LogP contribution in [-0.2, 0) is 35.2 Å². The third-order valence-corrected chi connectivity index (χ3v) is 6.44. The highest BCUT2D eigenvalue weighted by atomic mass is 16.6. The predicted molar refractivity (Wildman–Crippen MR) is 169 cm³/mol. The molecule has 0 aliphatic carbocycles. The molecule has 44 heavy (non-hydrogen) atoms. The number of epoxide rings is 1. The van der Waals surface area contributed by atoms with Crippen molar-refractivity contribution in [3.63, 3.8) is 0 Å². The molecule has 238 valence electrons. The number of aryl methyl sites for hydroxylation is 1. The number of hydrogen-bond donors (Lipinski definition) is 3. The summed E-state index contributed by atoms with van der Waals surface area (Å²) in [5, 5.41) is 11.5. The van der Waals surface area contributed by atoms with Crippen molar-refractivity contribution in [1.82, 2.24) is 20.9 Å². The number of nitrogens with zero attached hydrogens (tertiary/aromatic N) is 2. The molecule has 0 spiro atoms. The molecule has 2 aliphatic heterocycles. The van der Waals surface area contributed by atoms with Crippen molar-refractivity contribution < 1.29 is 28.8 Å². The minimum absolute atomic E-state index is 0.0159. The molecule has 4 atom stereocenters. The first kappa shape index (κ1) is 35.8. The molecule has 0 saturated carbocycles. The van der Waals surface area contributed by atoms with Crippen LogP contribution < -0.4 is 16.0 Å². The van der Waals surface area contributed by atoms with Crippen LogP contribution in [0.2, 0.25) is 0 Å². The van der Waals surface area contributed by atoms with E-state index in [9.17, 15) is 19.2 Å². The van der Waals surface area contributed by atoms with Gasteiger partial charge in [-0.25, -0.2) is 0 Å². The monoisotopic (exact) mass is 607 g/mol. The van der Waals surface area contributed by atoms with Crippen molar-refractivity contribution in [2.45, 2.75) is 78.2 Å². The average Bonchev–Trinajstić information content (AvgIpc) is 3.75. The molecule has 1 aromatic carbocycles. The number of ketones is 1. The summed E-state index contributed by atoms with van der Waals surface area (Å²) in [4.78, 5) is 54.9. The molecular weight excluding hydrogens is 562 g/mol. The number of Topliss-reactive ketones (excluding diaryl/α,β-unsaturated/α-hetero) is 1. The molecular formula is C33H45N5O6.